The third kappa shape index (κ3) is 5.20. The molecule has 6 heteroatoms. The number of hydrogen-bond donors (Lipinski definition) is 1. The predicted octanol–water partition coefficient (Wildman–Crippen LogP) is 0.876. The van der Waals surface area contributed by atoms with Crippen LogP contribution in [0, 0.1) is 5.92 Å². The summed E-state index contributed by atoms with van der Waals surface area (Å²) in [6.45, 7) is 5.36. The second kappa shape index (κ2) is 6.94. The molecule has 0 atom stereocenters. The summed E-state index contributed by atoms with van der Waals surface area (Å²) in [5.74, 6) is 1.22. The Bertz CT molecular complexity index is 424. The Kier molecular flexibility index (Phi) is 5.19. The summed E-state index contributed by atoms with van der Waals surface area (Å²) in [6.07, 6.45) is 7.08. The molecule has 0 aromatic rings. The van der Waals surface area contributed by atoms with Crippen molar-refractivity contribution in [2.45, 2.75) is 44.6 Å². The van der Waals surface area contributed by atoms with E-state index in [9.17, 15) is 8.42 Å². The zero-order valence-corrected chi connectivity index (χ0v) is 13.8. The van der Waals surface area contributed by atoms with Crippen LogP contribution < -0.4 is 5.32 Å². The first-order valence-corrected chi connectivity index (χ1v) is 10.2. The molecule has 1 saturated heterocycles. The molecule has 1 N–H and O–H groups in total. The molecule has 0 bridgehead atoms. The van der Waals surface area contributed by atoms with Crippen molar-refractivity contribution in [1.82, 2.24) is 14.5 Å². The molecular formula is C15H29N3O2S. The van der Waals surface area contributed by atoms with Crippen molar-refractivity contribution in [3.63, 3.8) is 0 Å². The average molecular weight is 315 g/mol. The van der Waals surface area contributed by atoms with Crippen LogP contribution in [-0.4, -0.2) is 68.7 Å². The maximum absolute atomic E-state index is 12.3. The first-order chi connectivity index (χ1) is 10.1. The Morgan fingerprint density at radius 3 is 2.29 bits per heavy atom. The van der Waals surface area contributed by atoms with E-state index < -0.39 is 10.0 Å². The van der Waals surface area contributed by atoms with Gasteiger partial charge in [0.25, 0.3) is 0 Å². The second-order valence-electron chi connectivity index (χ2n) is 6.89. The van der Waals surface area contributed by atoms with Crippen LogP contribution in [-0.2, 0) is 10.0 Å². The van der Waals surface area contributed by atoms with E-state index >= 15 is 0 Å². The lowest BCUT2D eigenvalue weighted by Gasteiger charge is -2.34. The first kappa shape index (κ1) is 15.7. The summed E-state index contributed by atoms with van der Waals surface area (Å²) in [4.78, 5) is 2.43. The molecule has 21 heavy (non-hydrogen) atoms. The summed E-state index contributed by atoms with van der Waals surface area (Å²) in [7, 11) is -3.03. The molecule has 0 aromatic carbocycles. The highest BCUT2D eigenvalue weighted by molar-refractivity contribution is 7.89. The molecule has 2 saturated carbocycles. The molecule has 2 aliphatic carbocycles. The van der Waals surface area contributed by atoms with Crippen LogP contribution in [0.4, 0.5) is 0 Å². The van der Waals surface area contributed by atoms with Crippen molar-refractivity contribution in [3.05, 3.63) is 0 Å². The van der Waals surface area contributed by atoms with Crippen LogP contribution in [0.3, 0.4) is 0 Å². The molecule has 5 nitrogen and oxygen atoms in total. The molecule has 3 fully saturated rings. The number of nitrogens with one attached hydrogen (secondary N) is 1. The molecule has 0 radical (unpaired) electrons. The maximum Gasteiger partial charge on any atom is 0.214 e. The topological polar surface area (TPSA) is 52.7 Å². The standard InChI is InChI=1S/C15H29N3O2S/c19-21(20,12-2-1-7-16-15-5-6-15)18-10-8-17(9-11-18)13-14-3-4-14/h14-16H,1-13H2. The van der Waals surface area contributed by atoms with E-state index in [4.69, 9.17) is 0 Å². The number of piperazine rings is 1. The monoisotopic (exact) mass is 315 g/mol. The van der Waals surface area contributed by atoms with Gasteiger partial charge < -0.3 is 10.2 Å². The zero-order chi connectivity index (χ0) is 14.7. The van der Waals surface area contributed by atoms with Gasteiger partial charge >= 0.3 is 0 Å². The Balaban J connectivity index is 1.31. The number of hydrogen-bond acceptors (Lipinski definition) is 4. The molecule has 3 aliphatic rings. The van der Waals surface area contributed by atoms with Crippen LogP contribution in [0.5, 0.6) is 0 Å². The third-order valence-electron chi connectivity index (χ3n) is 4.78. The largest absolute Gasteiger partial charge is 0.314 e. The second-order valence-corrected chi connectivity index (χ2v) is 8.98. The lowest BCUT2D eigenvalue weighted by molar-refractivity contribution is 0.182. The molecule has 122 valence electrons. The molecule has 1 aliphatic heterocycles. The Morgan fingerprint density at radius 2 is 1.67 bits per heavy atom. The van der Waals surface area contributed by atoms with E-state index in [1.54, 1.807) is 4.31 Å². The summed E-state index contributed by atoms with van der Waals surface area (Å²) in [5, 5.41) is 3.44. The first-order valence-electron chi connectivity index (χ1n) is 8.57. The van der Waals surface area contributed by atoms with Gasteiger partial charge in [0, 0.05) is 38.8 Å². The highest BCUT2D eigenvalue weighted by Crippen LogP contribution is 2.30. The van der Waals surface area contributed by atoms with E-state index in [-0.39, 0.29) is 0 Å². The van der Waals surface area contributed by atoms with E-state index in [1.807, 2.05) is 0 Å². The average Bonchev–Trinajstić information content (AvgIpc) is 3.34. The third-order valence-corrected chi connectivity index (χ3v) is 6.73. The van der Waals surface area contributed by atoms with Gasteiger partial charge in [-0.1, -0.05) is 0 Å². The molecule has 0 amide bonds. The van der Waals surface area contributed by atoms with Gasteiger partial charge in [-0.05, 0) is 51.0 Å². The van der Waals surface area contributed by atoms with Crippen LogP contribution in [0.2, 0.25) is 0 Å². The van der Waals surface area contributed by atoms with Gasteiger partial charge in [0.2, 0.25) is 10.0 Å². The minimum Gasteiger partial charge on any atom is -0.314 e. The summed E-state index contributed by atoms with van der Waals surface area (Å²) >= 11 is 0. The lowest BCUT2D eigenvalue weighted by Crippen LogP contribution is -2.49. The minimum atomic E-state index is -3.03. The minimum absolute atomic E-state index is 0.321. The Hall–Kier alpha value is -0.170. The van der Waals surface area contributed by atoms with Crippen molar-refractivity contribution in [2.24, 2.45) is 5.92 Å². The van der Waals surface area contributed by atoms with Crippen molar-refractivity contribution in [3.8, 4) is 0 Å². The van der Waals surface area contributed by atoms with Crippen molar-refractivity contribution in [1.29, 1.82) is 0 Å². The summed E-state index contributed by atoms with van der Waals surface area (Å²) < 4.78 is 26.4. The maximum atomic E-state index is 12.3. The Labute approximate surface area is 129 Å². The molecule has 0 aromatic heterocycles. The van der Waals surface area contributed by atoms with Crippen LogP contribution in [0.1, 0.15) is 38.5 Å². The molecule has 0 unspecified atom stereocenters. The van der Waals surface area contributed by atoms with E-state index in [1.165, 1.54) is 32.2 Å². The van der Waals surface area contributed by atoms with Crippen molar-refractivity contribution < 1.29 is 8.42 Å². The Morgan fingerprint density at radius 1 is 0.952 bits per heavy atom. The van der Waals surface area contributed by atoms with Crippen LogP contribution in [0.15, 0.2) is 0 Å². The summed E-state index contributed by atoms with van der Waals surface area (Å²) in [6, 6.07) is 0.723. The lowest BCUT2D eigenvalue weighted by atomic mass is 10.3. The summed E-state index contributed by atoms with van der Waals surface area (Å²) in [5.41, 5.74) is 0. The zero-order valence-electron chi connectivity index (χ0n) is 13.0. The van der Waals surface area contributed by atoms with Gasteiger partial charge in [0.1, 0.15) is 0 Å². The highest BCUT2D eigenvalue weighted by Gasteiger charge is 2.30. The van der Waals surface area contributed by atoms with Gasteiger partial charge in [-0.15, -0.1) is 0 Å². The normalized spacial score (nSPS) is 25.3. The highest BCUT2D eigenvalue weighted by atomic mass is 32.2. The van der Waals surface area contributed by atoms with E-state index in [0.717, 1.165) is 44.4 Å². The van der Waals surface area contributed by atoms with Gasteiger partial charge in [-0.2, -0.15) is 4.31 Å². The number of sulfonamides is 1. The molecular weight excluding hydrogens is 286 g/mol. The fraction of sp³-hybridized carbons (Fsp3) is 1.00. The fourth-order valence-electron chi connectivity index (χ4n) is 2.99. The molecule has 3 rings (SSSR count). The van der Waals surface area contributed by atoms with E-state index in [2.05, 4.69) is 10.2 Å². The van der Waals surface area contributed by atoms with Crippen molar-refractivity contribution in [2.75, 3.05) is 45.0 Å². The number of unbranched alkanes of at least 4 members (excludes halogenated alkanes) is 1. The molecule has 1 heterocycles. The smallest absolute Gasteiger partial charge is 0.214 e. The van der Waals surface area contributed by atoms with Gasteiger partial charge in [-0.3, -0.25) is 0 Å². The SMILES string of the molecule is O=S(=O)(CCCCNC1CC1)N1CCN(CC2CC2)CC1. The quantitative estimate of drug-likeness (QED) is 0.642. The molecule has 0 spiro atoms. The van der Waals surface area contributed by atoms with E-state index in [0.29, 0.717) is 18.8 Å². The van der Waals surface area contributed by atoms with Gasteiger partial charge in [0.15, 0.2) is 0 Å². The van der Waals surface area contributed by atoms with Crippen LogP contribution in [0.25, 0.3) is 0 Å². The van der Waals surface area contributed by atoms with Gasteiger partial charge in [-0.25, -0.2) is 8.42 Å². The van der Waals surface area contributed by atoms with Crippen molar-refractivity contribution >= 4 is 10.0 Å². The predicted molar refractivity (Wildman–Crippen MR) is 84.8 cm³/mol. The van der Waals surface area contributed by atoms with Crippen LogP contribution >= 0.6 is 0 Å². The fourth-order valence-corrected chi connectivity index (χ4v) is 4.53. The number of rotatable bonds is 9. The number of nitrogens with zero attached hydrogens (tertiary/aromatic N) is 2. The van der Waals surface area contributed by atoms with Gasteiger partial charge in [0.05, 0.1) is 5.75 Å².